The number of urea groups is 1. The smallest absolute Gasteiger partial charge is 0.325 e. The zero-order valence-electron chi connectivity index (χ0n) is 12.0. The molecule has 2 amide bonds. The van der Waals surface area contributed by atoms with E-state index in [1.807, 2.05) is 0 Å². The van der Waals surface area contributed by atoms with Crippen molar-refractivity contribution in [2.24, 2.45) is 5.92 Å². The predicted molar refractivity (Wildman–Crippen MR) is 71.2 cm³/mol. The molecule has 114 valence electrons. The zero-order chi connectivity index (χ0) is 15.1. The third kappa shape index (κ3) is 4.40. The van der Waals surface area contributed by atoms with Gasteiger partial charge in [0.05, 0.1) is 12.5 Å². The molecule has 0 radical (unpaired) electrons. The fraction of sp³-hybridized carbons (Fsp3) is 0.769. The van der Waals surface area contributed by atoms with Crippen molar-refractivity contribution in [1.29, 1.82) is 0 Å². The van der Waals surface area contributed by atoms with Crippen LogP contribution in [0, 0.1) is 5.92 Å². The van der Waals surface area contributed by atoms with E-state index < -0.39 is 17.9 Å². The lowest BCUT2D eigenvalue weighted by Gasteiger charge is -2.34. The van der Waals surface area contributed by atoms with Gasteiger partial charge < -0.3 is 19.6 Å². The second-order valence-electron chi connectivity index (χ2n) is 4.73. The molecule has 0 unspecified atom stereocenters. The minimum Gasteiger partial charge on any atom is -0.481 e. The number of aliphatic carboxylic acids is 1. The Balaban J connectivity index is 2.61. The average Bonchev–Trinajstić information content (AvgIpc) is 2.44. The number of nitrogens with zero attached hydrogens (tertiary/aromatic N) is 2. The number of likely N-dealkylation sites (N-methyl/N-ethyl adjacent to an activating group) is 1. The summed E-state index contributed by atoms with van der Waals surface area (Å²) >= 11 is 0. The number of rotatable bonds is 5. The highest BCUT2D eigenvalue weighted by molar-refractivity contribution is 5.81. The van der Waals surface area contributed by atoms with Crippen molar-refractivity contribution in [3.05, 3.63) is 0 Å². The van der Waals surface area contributed by atoms with E-state index in [0.29, 0.717) is 25.9 Å². The molecule has 20 heavy (non-hydrogen) atoms. The van der Waals surface area contributed by atoms with E-state index in [4.69, 9.17) is 9.84 Å². The number of carbonyl (C=O) groups is 3. The summed E-state index contributed by atoms with van der Waals surface area (Å²) < 4.78 is 4.83. The normalized spacial score (nSPS) is 18.5. The van der Waals surface area contributed by atoms with Gasteiger partial charge in [-0.05, 0) is 26.7 Å². The molecule has 1 N–H and O–H groups in total. The van der Waals surface area contributed by atoms with Crippen LogP contribution in [0.25, 0.3) is 0 Å². The highest BCUT2D eigenvalue weighted by Crippen LogP contribution is 2.18. The van der Waals surface area contributed by atoms with Gasteiger partial charge in [-0.3, -0.25) is 9.59 Å². The maximum Gasteiger partial charge on any atom is 0.325 e. The first-order valence-corrected chi connectivity index (χ1v) is 6.91. The van der Waals surface area contributed by atoms with Gasteiger partial charge in [-0.15, -0.1) is 0 Å². The SMILES string of the molecule is CCOC(=O)CN(CC)C(=O)N1CCC[C@H](C(=O)O)C1. The molecular weight excluding hydrogens is 264 g/mol. The second kappa shape index (κ2) is 7.72. The molecule has 1 fully saturated rings. The minimum atomic E-state index is -0.879. The van der Waals surface area contributed by atoms with E-state index in [2.05, 4.69) is 0 Å². The van der Waals surface area contributed by atoms with Crippen LogP contribution in [0.5, 0.6) is 0 Å². The van der Waals surface area contributed by atoms with E-state index in [9.17, 15) is 14.4 Å². The number of carboxylic acids is 1. The maximum atomic E-state index is 12.3. The van der Waals surface area contributed by atoms with Crippen molar-refractivity contribution in [3.63, 3.8) is 0 Å². The summed E-state index contributed by atoms with van der Waals surface area (Å²) in [7, 11) is 0. The molecule has 0 spiro atoms. The Hall–Kier alpha value is -1.79. The van der Waals surface area contributed by atoms with Gasteiger partial charge in [0.2, 0.25) is 0 Å². The Labute approximate surface area is 118 Å². The Morgan fingerprint density at radius 1 is 1.35 bits per heavy atom. The van der Waals surface area contributed by atoms with Crippen molar-refractivity contribution in [2.75, 3.05) is 32.8 Å². The van der Waals surface area contributed by atoms with E-state index >= 15 is 0 Å². The Kier molecular flexibility index (Phi) is 6.27. The number of hydrogen-bond donors (Lipinski definition) is 1. The first kappa shape index (κ1) is 16.3. The van der Waals surface area contributed by atoms with E-state index in [1.165, 1.54) is 9.80 Å². The van der Waals surface area contributed by atoms with Crippen LogP contribution < -0.4 is 0 Å². The van der Waals surface area contributed by atoms with Gasteiger partial charge in [0, 0.05) is 19.6 Å². The van der Waals surface area contributed by atoms with Crippen LogP contribution in [-0.2, 0) is 14.3 Å². The molecule has 1 heterocycles. The highest BCUT2D eigenvalue weighted by Gasteiger charge is 2.30. The van der Waals surface area contributed by atoms with Gasteiger partial charge in [-0.2, -0.15) is 0 Å². The van der Waals surface area contributed by atoms with Gasteiger partial charge in [0.15, 0.2) is 0 Å². The molecule has 0 aromatic carbocycles. The van der Waals surface area contributed by atoms with E-state index in [-0.39, 0.29) is 25.7 Å². The number of piperidine rings is 1. The lowest BCUT2D eigenvalue weighted by Crippen LogP contribution is -2.50. The quantitative estimate of drug-likeness (QED) is 0.755. The molecule has 1 rings (SSSR count). The van der Waals surface area contributed by atoms with E-state index in [0.717, 1.165) is 0 Å². The monoisotopic (exact) mass is 286 g/mol. The molecular formula is C13H22N2O5. The molecule has 0 aromatic rings. The fourth-order valence-electron chi connectivity index (χ4n) is 2.23. The van der Waals surface area contributed by atoms with Gasteiger partial charge in [-0.25, -0.2) is 4.79 Å². The van der Waals surface area contributed by atoms with Crippen LogP contribution in [-0.4, -0.2) is 65.7 Å². The Bertz CT molecular complexity index is 372. The molecule has 1 aliphatic heterocycles. The summed E-state index contributed by atoms with van der Waals surface area (Å²) in [6.45, 7) is 4.77. The summed E-state index contributed by atoms with van der Waals surface area (Å²) in [5, 5.41) is 9.02. The van der Waals surface area contributed by atoms with E-state index in [1.54, 1.807) is 13.8 Å². The van der Waals surface area contributed by atoms with Gasteiger partial charge in [-0.1, -0.05) is 0 Å². The topological polar surface area (TPSA) is 87.2 Å². The van der Waals surface area contributed by atoms with Crippen molar-refractivity contribution in [1.82, 2.24) is 9.80 Å². The van der Waals surface area contributed by atoms with Gasteiger partial charge in [0.25, 0.3) is 0 Å². The number of hydrogen-bond acceptors (Lipinski definition) is 4. The average molecular weight is 286 g/mol. The lowest BCUT2D eigenvalue weighted by atomic mass is 9.99. The van der Waals surface area contributed by atoms with Crippen molar-refractivity contribution in [3.8, 4) is 0 Å². The molecule has 7 heteroatoms. The van der Waals surface area contributed by atoms with Crippen LogP contribution in [0.1, 0.15) is 26.7 Å². The van der Waals surface area contributed by atoms with Gasteiger partial charge >= 0.3 is 18.0 Å². The Morgan fingerprint density at radius 2 is 2.05 bits per heavy atom. The van der Waals surface area contributed by atoms with Crippen LogP contribution in [0.2, 0.25) is 0 Å². The van der Waals surface area contributed by atoms with Crippen LogP contribution >= 0.6 is 0 Å². The summed E-state index contributed by atoms with van der Waals surface area (Å²) in [4.78, 5) is 37.6. The first-order chi connectivity index (χ1) is 9.49. The van der Waals surface area contributed by atoms with Gasteiger partial charge in [0.1, 0.15) is 6.54 Å². The zero-order valence-corrected chi connectivity index (χ0v) is 12.0. The van der Waals surface area contributed by atoms with Crippen LogP contribution in [0.4, 0.5) is 4.79 Å². The standard InChI is InChI=1S/C13H22N2O5/c1-3-14(9-11(16)20-4-2)13(19)15-7-5-6-10(8-15)12(17)18/h10H,3-9H2,1-2H3,(H,17,18)/t10-/m0/s1. The third-order valence-electron chi connectivity index (χ3n) is 3.32. The predicted octanol–water partition coefficient (Wildman–Crippen LogP) is 0.788. The number of amides is 2. The summed E-state index contributed by atoms with van der Waals surface area (Å²) in [6, 6.07) is -0.300. The summed E-state index contributed by atoms with van der Waals surface area (Å²) in [5.74, 6) is -1.85. The molecule has 0 bridgehead atoms. The second-order valence-corrected chi connectivity index (χ2v) is 4.73. The number of carboxylic acid groups (broad SMARTS) is 1. The molecule has 1 atom stereocenters. The molecule has 1 aliphatic rings. The molecule has 0 aromatic heterocycles. The number of carbonyl (C=O) groups excluding carboxylic acids is 2. The molecule has 1 saturated heterocycles. The van der Waals surface area contributed by atoms with Crippen LogP contribution in [0.15, 0.2) is 0 Å². The maximum absolute atomic E-state index is 12.3. The number of likely N-dealkylation sites (tertiary alicyclic amines) is 1. The fourth-order valence-corrected chi connectivity index (χ4v) is 2.23. The lowest BCUT2D eigenvalue weighted by molar-refractivity contribution is -0.145. The largest absolute Gasteiger partial charge is 0.481 e. The third-order valence-corrected chi connectivity index (χ3v) is 3.32. The van der Waals surface area contributed by atoms with Crippen LogP contribution in [0.3, 0.4) is 0 Å². The first-order valence-electron chi connectivity index (χ1n) is 6.91. The highest BCUT2D eigenvalue weighted by atomic mass is 16.5. The summed E-state index contributed by atoms with van der Waals surface area (Å²) in [6.07, 6.45) is 1.25. The van der Waals surface area contributed by atoms with Crippen molar-refractivity contribution >= 4 is 18.0 Å². The molecule has 0 aliphatic carbocycles. The summed E-state index contributed by atoms with van der Waals surface area (Å²) in [5.41, 5.74) is 0. The minimum absolute atomic E-state index is 0.0998. The number of esters is 1. The van der Waals surface area contributed by atoms with Crippen molar-refractivity contribution < 1.29 is 24.2 Å². The Morgan fingerprint density at radius 3 is 2.60 bits per heavy atom. The number of ether oxygens (including phenoxy) is 1. The molecule has 7 nitrogen and oxygen atoms in total. The molecule has 0 saturated carbocycles. The van der Waals surface area contributed by atoms with Crippen molar-refractivity contribution in [2.45, 2.75) is 26.7 Å².